The maximum Gasteiger partial charge on any atom is 0.145 e. The second-order valence-electron chi connectivity index (χ2n) is 4.58. The Morgan fingerprint density at radius 2 is 2.00 bits per heavy atom. The summed E-state index contributed by atoms with van der Waals surface area (Å²) in [6, 6.07) is 1.93. The van der Waals surface area contributed by atoms with E-state index in [0.717, 1.165) is 35.5 Å². The molecule has 0 bridgehead atoms. The van der Waals surface area contributed by atoms with Gasteiger partial charge in [0.15, 0.2) is 0 Å². The quantitative estimate of drug-likeness (QED) is 0.880. The number of likely N-dealkylation sites (N-methyl/N-ethyl adjacent to an activating group) is 1. The molecule has 5 nitrogen and oxygen atoms in total. The normalized spacial score (nSPS) is 12.6. The number of hydrogen-bond acceptors (Lipinski definition) is 4. The van der Waals surface area contributed by atoms with Crippen molar-refractivity contribution in [3.05, 3.63) is 40.1 Å². The van der Waals surface area contributed by atoms with Crippen LogP contribution in [0.3, 0.4) is 0 Å². The van der Waals surface area contributed by atoms with Gasteiger partial charge in [0.1, 0.15) is 5.82 Å². The molecule has 1 atom stereocenters. The van der Waals surface area contributed by atoms with E-state index in [2.05, 4.69) is 50.2 Å². The van der Waals surface area contributed by atoms with Gasteiger partial charge in [0.25, 0.3) is 0 Å². The third-order valence-corrected chi connectivity index (χ3v) is 4.23. The van der Waals surface area contributed by atoms with Crippen molar-refractivity contribution in [3.63, 3.8) is 0 Å². The number of aromatic nitrogens is 4. The monoisotopic (exact) mass is 337 g/mol. The van der Waals surface area contributed by atoms with Crippen LogP contribution in [-0.4, -0.2) is 26.3 Å². The van der Waals surface area contributed by atoms with Crippen molar-refractivity contribution in [3.8, 4) is 0 Å². The zero-order valence-corrected chi connectivity index (χ0v) is 13.7. The van der Waals surface area contributed by atoms with Gasteiger partial charge in [-0.2, -0.15) is 5.10 Å². The van der Waals surface area contributed by atoms with Crippen molar-refractivity contribution >= 4 is 15.9 Å². The van der Waals surface area contributed by atoms with E-state index >= 15 is 0 Å². The minimum atomic E-state index is 0.0962. The van der Waals surface area contributed by atoms with Crippen LogP contribution in [0.15, 0.2) is 22.9 Å². The summed E-state index contributed by atoms with van der Waals surface area (Å²) in [5.74, 6) is 0.822. The number of halogens is 1. The van der Waals surface area contributed by atoms with E-state index < -0.39 is 0 Å². The second-order valence-corrected chi connectivity index (χ2v) is 5.38. The van der Waals surface area contributed by atoms with E-state index in [4.69, 9.17) is 0 Å². The number of hydrogen-bond donors (Lipinski definition) is 1. The maximum atomic E-state index is 4.54. The van der Waals surface area contributed by atoms with Gasteiger partial charge in [-0.1, -0.05) is 6.92 Å². The van der Waals surface area contributed by atoms with Gasteiger partial charge in [-0.15, -0.1) is 0 Å². The molecule has 0 fully saturated rings. The lowest BCUT2D eigenvalue weighted by Gasteiger charge is -2.17. The smallest absolute Gasteiger partial charge is 0.145 e. The van der Waals surface area contributed by atoms with E-state index in [1.807, 2.05) is 17.7 Å². The van der Waals surface area contributed by atoms with Crippen molar-refractivity contribution in [2.75, 3.05) is 6.54 Å². The van der Waals surface area contributed by atoms with Gasteiger partial charge in [-0.3, -0.25) is 4.68 Å². The number of aryl methyl sites for hydroxylation is 2. The molecule has 0 saturated heterocycles. The summed E-state index contributed by atoms with van der Waals surface area (Å²) in [4.78, 5) is 8.73. The van der Waals surface area contributed by atoms with Gasteiger partial charge >= 0.3 is 0 Å². The average Bonchev–Trinajstić information content (AvgIpc) is 2.75. The molecule has 0 radical (unpaired) electrons. The van der Waals surface area contributed by atoms with Gasteiger partial charge in [-0.05, 0) is 42.4 Å². The highest BCUT2D eigenvalue weighted by Gasteiger charge is 2.20. The van der Waals surface area contributed by atoms with Crippen molar-refractivity contribution in [1.29, 1.82) is 0 Å². The molecule has 2 rings (SSSR count). The summed E-state index contributed by atoms with van der Waals surface area (Å²) in [5, 5.41) is 7.98. The third-order valence-electron chi connectivity index (χ3n) is 3.20. The van der Waals surface area contributed by atoms with Gasteiger partial charge in [-0.25, -0.2) is 9.97 Å². The van der Waals surface area contributed by atoms with Crippen molar-refractivity contribution in [2.24, 2.45) is 0 Å². The van der Waals surface area contributed by atoms with Gasteiger partial charge in [0.2, 0.25) is 0 Å². The highest BCUT2D eigenvalue weighted by molar-refractivity contribution is 9.10. The van der Waals surface area contributed by atoms with E-state index in [1.54, 1.807) is 12.4 Å². The summed E-state index contributed by atoms with van der Waals surface area (Å²) >= 11 is 3.64. The van der Waals surface area contributed by atoms with Crippen LogP contribution < -0.4 is 5.32 Å². The zero-order chi connectivity index (χ0) is 14.5. The minimum Gasteiger partial charge on any atom is -0.307 e. The van der Waals surface area contributed by atoms with E-state index in [-0.39, 0.29) is 6.04 Å². The number of nitrogens with zero attached hydrogens (tertiary/aromatic N) is 4. The second kappa shape index (κ2) is 6.95. The predicted octanol–water partition coefficient (Wildman–Crippen LogP) is 2.66. The maximum absolute atomic E-state index is 4.54. The van der Waals surface area contributed by atoms with Crippen LogP contribution in [-0.2, 0) is 13.0 Å². The lowest BCUT2D eigenvalue weighted by Crippen LogP contribution is -2.26. The molecule has 0 aliphatic rings. The lowest BCUT2D eigenvalue weighted by molar-refractivity contribution is 0.494. The molecule has 1 unspecified atom stereocenters. The van der Waals surface area contributed by atoms with Gasteiger partial charge in [0, 0.05) is 25.4 Å². The molecule has 0 saturated carbocycles. The number of rotatable bonds is 6. The Bertz CT molecular complexity index is 552. The molecule has 2 aromatic heterocycles. The largest absolute Gasteiger partial charge is 0.307 e. The van der Waals surface area contributed by atoms with E-state index in [1.165, 1.54) is 5.69 Å². The Morgan fingerprint density at radius 3 is 2.60 bits per heavy atom. The minimum absolute atomic E-state index is 0.0962. The molecule has 0 spiro atoms. The Labute approximate surface area is 128 Å². The molecule has 20 heavy (non-hydrogen) atoms. The molecule has 108 valence electrons. The van der Waals surface area contributed by atoms with Gasteiger partial charge in [0.05, 0.1) is 21.9 Å². The Morgan fingerprint density at radius 1 is 1.30 bits per heavy atom. The van der Waals surface area contributed by atoms with Crippen LogP contribution in [0.5, 0.6) is 0 Å². The molecular weight excluding hydrogens is 318 g/mol. The van der Waals surface area contributed by atoms with Crippen LogP contribution >= 0.6 is 15.9 Å². The Balaban J connectivity index is 2.29. The van der Waals surface area contributed by atoms with Crippen molar-refractivity contribution < 1.29 is 0 Å². The molecule has 2 aromatic rings. The third kappa shape index (κ3) is 3.24. The Kier molecular flexibility index (Phi) is 5.25. The van der Waals surface area contributed by atoms with Crippen molar-refractivity contribution in [1.82, 2.24) is 25.1 Å². The first-order valence-corrected chi connectivity index (χ1v) is 7.68. The summed E-state index contributed by atoms with van der Waals surface area (Å²) in [5.41, 5.74) is 2.20. The first-order valence-electron chi connectivity index (χ1n) is 6.89. The van der Waals surface area contributed by atoms with Crippen LogP contribution in [0.4, 0.5) is 0 Å². The molecule has 0 aliphatic heterocycles. The number of nitrogens with one attached hydrogen (secondary N) is 1. The fourth-order valence-electron chi connectivity index (χ4n) is 2.25. The molecule has 0 amide bonds. The van der Waals surface area contributed by atoms with Crippen LogP contribution in [0.1, 0.15) is 37.1 Å². The summed E-state index contributed by atoms with van der Waals surface area (Å²) in [6.45, 7) is 7.94. The van der Waals surface area contributed by atoms with Crippen LogP contribution in [0.2, 0.25) is 0 Å². The average molecular weight is 338 g/mol. The SMILES string of the molecule is CCNC(Cc1c(Br)c(C)nn1CC)c1ncccn1. The molecule has 1 N–H and O–H groups in total. The summed E-state index contributed by atoms with van der Waals surface area (Å²) in [6.07, 6.45) is 4.38. The summed E-state index contributed by atoms with van der Waals surface area (Å²) in [7, 11) is 0. The van der Waals surface area contributed by atoms with Crippen molar-refractivity contribution in [2.45, 2.75) is 39.8 Å². The molecule has 0 aromatic carbocycles. The van der Waals surface area contributed by atoms with E-state index in [9.17, 15) is 0 Å². The van der Waals surface area contributed by atoms with Crippen LogP contribution in [0.25, 0.3) is 0 Å². The van der Waals surface area contributed by atoms with Gasteiger partial charge < -0.3 is 5.32 Å². The first kappa shape index (κ1) is 15.1. The molecular formula is C14H20BrN5. The highest BCUT2D eigenvalue weighted by atomic mass is 79.9. The fourth-order valence-corrected chi connectivity index (χ4v) is 2.69. The molecule has 2 heterocycles. The molecule has 6 heteroatoms. The predicted molar refractivity (Wildman–Crippen MR) is 82.5 cm³/mol. The van der Waals surface area contributed by atoms with Crippen LogP contribution in [0, 0.1) is 6.92 Å². The highest BCUT2D eigenvalue weighted by Crippen LogP contribution is 2.25. The summed E-state index contributed by atoms with van der Waals surface area (Å²) < 4.78 is 3.12. The van der Waals surface area contributed by atoms with E-state index in [0.29, 0.717) is 0 Å². The lowest BCUT2D eigenvalue weighted by atomic mass is 10.1. The molecule has 0 aliphatic carbocycles. The Hall–Kier alpha value is -1.27. The standard InChI is InChI=1S/C14H20BrN5/c1-4-16-11(14-17-7-6-8-18-14)9-12-13(15)10(3)19-20(12)5-2/h6-8,11,16H,4-5,9H2,1-3H3. The fraction of sp³-hybridized carbons (Fsp3) is 0.500. The first-order chi connectivity index (χ1) is 9.67. The topological polar surface area (TPSA) is 55.6 Å². The zero-order valence-electron chi connectivity index (χ0n) is 12.1.